The van der Waals surface area contributed by atoms with Crippen molar-refractivity contribution >= 4 is 0 Å². The first-order valence-electron chi connectivity index (χ1n) is 4.28. The maximum Gasteiger partial charge on any atom is 0.0418 e. The van der Waals surface area contributed by atoms with E-state index in [0.717, 1.165) is 12.8 Å². The fraction of sp³-hybridized carbons (Fsp3) is 0.600. The molecule has 0 saturated heterocycles. The number of hydrogen-bond donors (Lipinski definition) is 1. The minimum atomic E-state index is 0.0862. The van der Waals surface area contributed by atoms with Gasteiger partial charge < -0.3 is 5.73 Å². The van der Waals surface area contributed by atoms with Crippen LogP contribution in [0.4, 0.5) is 0 Å². The maximum atomic E-state index is 6.16. The summed E-state index contributed by atoms with van der Waals surface area (Å²) in [6, 6.07) is 0. The fourth-order valence-electron chi connectivity index (χ4n) is 2.10. The van der Waals surface area contributed by atoms with Gasteiger partial charge in [0.25, 0.3) is 0 Å². The van der Waals surface area contributed by atoms with Gasteiger partial charge in [0.1, 0.15) is 0 Å². The van der Waals surface area contributed by atoms with Crippen LogP contribution in [0.5, 0.6) is 0 Å². The van der Waals surface area contributed by atoms with Crippen LogP contribution < -0.4 is 5.73 Å². The fourth-order valence-corrected chi connectivity index (χ4v) is 2.10. The molecular weight excluding hydrogens is 134 g/mol. The van der Waals surface area contributed by atoms with E-state index in [0.29, 0.717) is 5.92 Å². The highest BCUT2D eigenvalue weighted by atomic mass is 14.8. The number of nitrogens with two attached hydrogens (primary N) is 1. The number of allylic oxidation sites excluding steroid dienone is 1. The molecule has 0 aliphatic heterocycles. The third-order valence-electron chi connectivity index (χ3n) is 2.91. The van der Waals surface area contributed by atoms with Crippen LogP contribution in [0, 0.1) is 5.92 Å². The highest BCUT2D eigenvalue weighted by Crippen LogP contribution is 2.56. The molecule has 60 valence electrons. The van der Waals surface area contributed by atoms with Crippen molar-refractivity contribution < 1.29 is 0 Å². The predicted molar refractivity (Wildman–Crippen MR) is 47.2 cm³/mol. The molecule has 0 aromatic heterocycles. The van der Waals surface area contributed by atoms with Crippen LogP contribution in [0.15, 0.2) is 23.8 Å². The predicted octanol–water partition coefficient (Wildman–Crippen LogP) is 2.00. The van der Waals surface area contributed by atoms with Crippen LogP contribution in [0.3, 0.4) is 0 Å². The van der Waals surface area contributed by atoms with Crippen LogP contribution in [0.1, 0.15) is 26.2 Å². The van der Waals surface area contributed by atoms with Gasteiger partial charge in [0.05, 0.1) is 0 Å². The van der Waals surface area contributed by atoms with E-state index >= 15 is 0 Å². The quantitative estimate of drug-likeness (QED) is 0.610. The first kappa shape index (κ1) is 7.11. The molecule has 2 aliphatic rings. The first-order valence-corrected chi connectivity index (χ1v) is 4.28. The molecule has 2 N–H and O–H groups in total. The minimum Gasteiger partial charge on any atom is -0.321 e. The van der Waals surface area contributed by atoms with Gasteiger partial charge >= 0.3 is 0 Å². The summed E-state index contributed by atoms with van der Waals surface area (Å²) >= 11 is 0. The highest BCUT2D eigenvalue weighted by Gasteiger charge is 2.50. The number of rotatable bonds is 3. The van der Waals surface area contributed by atoms with Gasteiger partial charge in [-0.15, -0.1) is 6.58 Å². The lowest BCUT2D eigenvalue weighted by atomic mass is 9.79. The SMILES string of the molecule is C=CC(C)C[C@@]1(N)CC2=C1C2. The second-order valence-electron chi connectivity index (χ2n) is 4.01. The Bertz CT molecular complexity index is 239. The molecule has 11 heavy (non-hydrogen) atoms. The summed E-state index contributed by atoms with van der Waals surface area (Å²) in [4.78, 5) is 0. The summed E-state index contributed by atoms with van der Waals surface area (Å²) in [5.41, 5.74) is 9.42. The van der Waals surface area contributed by atoms with E-state index in [1.807, 2.05) is 6.08 Å². The zero-order valence-electron chi connectivity index (χ0n) is 7.06. The van der Waals surface area contributed by atoms with Crippen LogP contribution in [0.2, 0.25) is 0 Å². The smallest absolute Gasteiger partial charge is 0.0418 e. The normalized spacial score (nSPS) is 35.8. The van der Waals surface area contributed by atoms with Crippen LogP contribution >= 0.6 is 0 Å². The van der Waals surface area contributed by atoms with Crippen LogP contribution in [-0.4, -0.2) is 5.54 Å². The van der Waals surface area contributed by atoms with E-state index < -0.39 is 0 Å². The Labute approximate surface area is 68.0 Å². The van der Waals surface area contributed by atoms with Crippen molar-refractivity contribution in [2.75, 3.05) is 0 Å². The van der Waals surface area contributed by atoms with Crippen molar-refractivity contribution in [3.05, 3.63) is 23.8 Å². The van der Waals surface area contributed by atoms with Crippen molar-refractivity contribution in [1.29, 1.82) is 0 Å². The second kappa shape index (κ2) is 1.98. The molecule has 2 atom stereocenters. The summed E-state index contributed by atoms with van der Waals surface area (Å²) in [7, 11) is 0. The van der Waals surface area contributed by atoms with E-state index in [1.54, 1.807) is 11.1 Å². The zero-order chi connectivity index (χ0) is 8.06. The molecule has 2 aliphatic carbocycles. The van der Waals surface area contributed by atoms with Crippen molar-refractivity contribution in [1.82, 2.24) is 0 Å². The van der Waals surface area contributed by atoms with E-state index in [9.17, 15) is 0 Å². The van der Waals surface area contributed by atoms with Crippen molar-refractivity contribution in [3.8, 4) is 0 Å². The van der Waals surface area contributed by atoms with Gasteiger partial charge in [0.2, 0.25) is 0 Å². The Hall–Kier alpha value is -0.560. The van der Waals surface area contributed by atoms with Crippen molar-refractivity contribution in [2.45, 2.75) is 31.7 Å². The second-order valence-corrected chi connectivity index (χ2v) is 4.01. The molecule has 0 fully saturated rings. The summed E-state index contributed by atoms with van der Waals surface area (Å²) in [6.45, 7) is 5.95. The lowest BCUT2D eigenvalue weighted by Gasteiger charge is -2.32. The molecule has 2 rings (SSSR count). The topological polar surface area (TPSA) is 26.0 Å². The van der Waals surface area contributed by atoms with E-state index in [2.05, 4.69) is 13.5 Å². The molecule has 1 nitrogen and oxygen atoms in total. The molecule has 0 aromatic carbocycles. The molecule has 0 bridgehead atoms. The van der Waals surface area contributed by atoms with Gasteiger partial charge in [-0.2, -0.15) is 0 Å². The first-order chi connectivity index (χ1) is 5.15. The van der Waals surface area contributed by atoms with Crippen LogP contribution in [0.25, 0.3) is 0 Å². The molecule has 0 amide bonds. The van der Waals surface area contributed by atoms with Crippen molar-refractivity contribution in [3.63, 3.8) is 0 Å². The Morgan fingerprint density at radius 1 is 1.82 bits per heavy atom. The molecule has 0 saturated carbocycles. The lowest BCUT2D eigenvalue weighted by molar-refractivity contribution is 0.405. The molecule has 0 radical (unpaired) electrons. The summed E-state index contributed by atoms with van der Waals surface area (Å²) in [5, 5.41) is 0. The molecule has 1 heteroatoms. The Balaban J connectivity index is 1.96. The van der Waals surface area contributed by atoms with Gasteiger partial charge in [-0.25, -0.2) is 0 Å². The van der Waals surface area contributed by atoms with Gasteiger partial charge in [-0.1, -0.05) is 18.6 Å². The maximum absolute atomic E-state index is 6.16. The van der Waals surface area contributed by atoms with Gasteiger partial charge in [-0.05, 0) is 30.8 Å². The lowest BCUT2D eigenvalue weighted by Crippen LogP contribution is -2.43. The standard InChI is InChI=1S/C10H15N/c1-3-7(2)5-10(11)6-8-4-9(8)10/h3,7H,1,4-6,11H2,2H3/t7?,10-/m1/s1. The summed E-state index contributed by atoms with van der Waals surface area (Å²) in [6.07, 6.45) is 5.48. The molecule has 0 aromatic rings. The highest BCUT2D eigenvalue weighted by molar-refractivity contribution is 5.54. The third-order valence-corrected chi connectivity index (χ3v) is 2.91. The van der Waals surface area contributed by atoms with Crippen molar-refractivity contribution in [2.24, 2.45) is 11.7 Å². The average Bonchev–Trinajstić information content (AvgIpc) is 2.62. The Morgan fingerprint density at radius 2 is 2.55 bits per heavy atom. The van der Waals surface area contributed by atoms with E-state index in [-0.39, 0.29) is 5.54 Å². The van der Waals surface area contributed by atoms with Crippen LogP contribution in [-0.2, 0) is 0 Å². The Kier molecular flexibility index (Phi) is 1.28. The summed E-state index contributed by atoms with van der Waals surface area (Å²) < 4.78 is 0. The third kappa shape index (κ3) is 0.951. The van der Waals surface area contributed by atoms with Gasteiger partial charge in [0.15, 0.2) is 0 Å². The van der Waals surface area contributed by atoms with E-state index in [4.69, 9.17) is 5.73 Å². The van der Waals surface area contributed by atoms with Gasteiger partial charge in [0, 0.05) is 5.54 Å². The molecule has 0 heterocycles. The zero-order valence-corrected chi connectivity index (χ0v) is 7.06. The largest absolute Gasteiger partial charge is 0.321 e. The molecule has 0 spiro atoms. The van der Waals surface area contributed by atoms with Gasteiger partial charge in [-0.3, -0.25) is 0 Å². The summed E-state index contributed by atoms with van der Waals surface area (Å²) in [5.74, 6) is 0.564. The monoisotopic (exact) mass is 149 g/mol. The van der Waals surface area contributed by atoms with E-state index in [1.165, 1.54) is 6.42 Å². The minimum absolute atomic E-state index is 0.0862. The molecular formula is C10H15N. The Morgan fingerprint density at radius 3 is 2.91 bits per heavy atom. The average molecular weight is 149 g/mol. The molecule has 1 unspecified atom stereocenters. The number of hydrogen-bond acceptors (Lipinski definition) is 1.